The van der Waals surface area contributed by atoms with Crippen LogP contribution in [-0.4, -0.2) is 30.3 Å². The van der Waals surface area contributed by atoms with Gasteiger partial charge >= 0.3 is 5.97 Å². The van der Waals surface area contributed by atoms with Gasteiger partial charge in [-0.05, 0) is 86.4 Å². The van der Waals surface area contributed by atoms with Crippen molar-refractivity contribution in [1.29, 1.82) is 0 Å². The quantitative estimate of drug-likeness (QED) is 0.462. The number of carbonyl (C=O) groups is 4. The van der Waals surface area contributed by atoms with E-state index >= 15 is 0 Å². The van der Waals surface area contributed by atoms with Gasteiger partial charge in [-0.2, -0.15) is 0 Å². The van der Waals surface area contributed by atoms with Gasteiger partial charge in [-0.25, -0.2) is 4.79 Å². The number of fused-ring (bicyclic) bond motifs is 5. The molecule has 0 unspecified atom stereocenters. The van der Waals surface area contributed by atoms with Crippen molar-refractivity contribution in [3.05, 3.63) is 57.6 Å². The van der Waals surface area contributed by atoms with Gasteiger partial charge in [-0.15, -0.1) is 0 Å². The van der Waals surface area contributed by atoms with Crippen LogP contribution in [0.4, 0.5) is 11.4 Å². The molecule has 3 aliphatic rings. The molecule has 0 spiro atoms. The Hall–Kier alpha value is -3.00. The van der Waals surface area contributed by atoms with Crippen LogP contribution < -0.4 is 10.2 Å². The first-order chi connectivity index (χ1) is 16.3. The molecule has 1 heterocycles. The highest BCUT2D eigenvalue weighted by molar-refractivity contribution is 9.10. The number of benzene rings is 2. The van der Waals surface area contributed by atoms with Crippen molar-refractivity contribution in [3.8, 4) is 0 Å². The number of imide groups is 1. The van der Waals surface area contributed by atoms with E-state index in [1.165, 1.54) is 11.0 Å². The van der Waals surface area contributed by atoms with Crippen molar-refractivity contribution in [3.63, 3.8) is 0 Å². The third-order valence-electron chi connectivity index (χ3n) is 7.60. The van der Waals surface area contributed by atoms with Gasteiger partial charge in [0.2, 0.25) is 11.8 Å². The fourth-order valence-electron chi connectivity index (χ4n) is 5.76. The van der Waals surface area contributed by atoms with Gasteiger partial charge in [0.05, 0.1) is 23.1 Å². The highest BCUT2D eigenvalue weighted by Crippen LogP contribution is 2.56. The number of anilines is 2. The molecule has 0 radical (unpaired) electrons. The number of hydrogen-bond acceptors (Lipinski definition) is 5. The number of nitrogens with one attached hydrogen (secondary N) is 1. The van der Waals surface area contributed by atoms with Crippen molar-refractivity contribution < 1.29 is 23.9 Å². The van der Waals surface area contributed by atoms with Crippen LogP contribution in [0.2, 0.25) is 0 Å². The lowest BCUT2D eigenvalue weighted by Gasteiger charge is -2.19. The second-order valence-electron chi connectivity index (χ2n) is 9.42. The zero-order valence-electron chi connectivity index (χ0n) is 19.0. The molecule has 1 saturated heterocycles. The lowest BCUT2D eigenvalue weighted by Crippen LogP contribution is -2.32. The summed E-state index contributed by atoms with van der Waals surface area (Å²) in [6.07, 6.45) is 2.98. The molecule has 5 rings (SSSR count). The Labute approximate surface area is 206 Å². The fraction of sp³-hybridized carbons (Fsp3) is 0.385. The molecule has 4 atom stereocenters. The Kier molecular flexibility index (Phi) is 5.80. The van der Waals surface area contributed by atoms with E-state index in [0.29, 0.717) is 23.2 Å². The minimum atomic E-state index is -0.694. The minimum absolute atomic E-state index is 0.160. The van der Waals surface area contributed by atoms with Crippen LogP contribution in [0, 0.1) is 37.5 Å². The monoisotopic (exact) mass is 524 g/mol. The number of amides is 3. The van der Waals surface area contributed by atoms with Crippen LogP contribution in [0.3, 0.4) is 0 Å². The van der Waals surface area contributed by atoms with E-state index in [-0.39, 0.29) is 29.2 Å². The van der Waals surface area contributed by atoms with Gasteiger partial charge in [-0.3, -0.25) is 19.3 Å². The zero-order valence-corrected chi connectivity index (χ0v) is 20.6. The number of ether oxygens (including phenoxy) is 1. The summed E-state index contributed by atoms with van der Waals surface area (Å²) >= 11 is 3.45. The fourth-order valence-corrected chi connectivity index (χ4v) is 6.19. The van der Waals surface area contributed by atoms with Crippen LogP contribution >= 0.6 is 15.9 Å². The summed E-state index contributed by atoms with van der Waals surface area (Å²) in [6, 6.07) is 9.92. The smallest absolute Gasteiger partial charge is 0.338 e. The van der Waals surface area contributed by atoms with E-state index in [2.05, 4.69) is 21.2 Å². The normalized spacial score (nSPS) is 25.0. The lowest BCUT2D eigenvalue weighted by atomic mass is 9.81. The second kappa shape index (κ2) is 8.65. The number of carbonyl (C=O) groups excluding carboxylic acids is 4. The summed E-state index contributed by atoms with van der Waals surface area (Å²) in [5.41, 5.74) is 3.13. The first-order valence-corrected chi connectivity index (χ1v) is 12.3. The number of nitrogens with zero attached hydrogens (tertiary/aromatic N) is 1. The molecule has 34 heavy (non-hydrogen) atoms. The number of halogens is 1. The maximum absolute atomic E-state index is 13.1. The molecule has 1 aliphatic heterocycles. The molecule has 3 amide bonds. The predicted molar refractivity (Wildman–Crippen MR) is 129 cm³/mol. The topological polar surface area (TPSA) is 92.8 Å². The first-order valence-electron chi connectivity index (χ1n) is 11.5. The van der Waals surface area contributed by atoms with Crippen LogP contribution in [0.15, 0.2) is 40.9 Å². The highest BCUT2D eigenvalue weighted by Gasteiger charge is 2.61. The minimum Gasteiger partial charge on any atom is -0.452 e. The summed E-state index contributed by atoms with van der Waals surface area (Å²) in [7, 11) is 0. The maximum atomic E-state index is 13.1. The molecule has 2 saturated carbocycles. The second-order valence-corrected chi connectivity index (χ2v) is 10.3. The molecule has 8 heteroatoms. The zero-order chi connectivity index (χ0) is 24.1. The predicted octanol–water partition coefficient (Wildman–Crippen LogP) is 4.40. The molecule has 7 nitrogen and oxygen atoms in total. The van der Waals surface area contributed by atoms with E-state index in [0.717, 1.165) is 34.9 Å². The Morgan fingerprint density at radius 3 is 2.38 bits per heavy atom. The van der Waals surface area contributed by atoms with Gasteiger partial charge in [0.25, 0.3) is 5.91 Å². The molecule has 2 aliphatic carbocycles. The molecule has 176 valence electrons. The van der Waals surface area contributed by atoms with Gasteiger partial charge in [0.15, 0.2) is 6.61 Å². The van der Waals surface area contributed by atoms with E-state index in [1.807, 2.05) is 19.9 Å². The Balaban J connectivity index is 1.25. The van der Waals surface area contributed by atoms with Crippen molar-refractivity contribution in [1.82, 2.24) is 0 Å². The van der Waals surface area contributed by atoms with Gasteiger partial charge in [-0.1, -0.05) is 22.0 Å². The maximum Gasteiger partial charge on any atom is 0.338 e. The lowest BCUT2D eigenvalue weighted by molar-refractivity contribution is -0.123. The van der Waals surface area contributed by atoms with E-state index < -0.39 is 18.5 Å². The first kappa shape index (κ1) is 22.8. The van der Waals surface area contributed by atoms with Crippen LogP contribution in [-0.2, 0) is 19.1 Å². The largest absolute Gasteiger partial charge is 0.452 e. The number of hydrogen-bond donors (Lipinski definition) is 1. The summed E-state index contributed by atoms with van der Waals surface area (Å²) in [4.78, 5) is 52.3. The van der Waals surface area contributed by atoms with Gasteiger partial charge < -0.3 is 10.1 Å². The molecule has 3 fully saturated rings. The van der Waals surface area contributed by atoms with Crippen molar-refractivity contribution >= 4 is 51.0 Å². The van der Waals surface area contributed by atoms with Gasteiger partial charge in [0, 0.05) is 10.2 Å². The molecule has 1 N–H and O–H groups in total. The summed E-state index contributed by atoms with van der Waals surface area (Å²) in [6.45, 7) is 3.39. The van der Waals surface area contributed by atoms with Crippen molar-refractivity contribution in [2.24, 2.45) is 23.7 Å². The summed E-state index contributed by atoms with van der Waals surface area (Å²) in [5, 5.41) is 2.75. The Bertz CT molecular complexity index is 1200. The van der Waals surface area contributed by atoms with Crippen LogP contribution in [0.25, 0.3) is 0 Å². The van der Waals surface area contributed by atoms with E-state index in [4.69, 9.17) is 4.74 Å². The summed E-state index contributed by atoms with van der Waals surface area (Å²) in [5.74, 6) is -1.34. The molecule has 0 aromatic heterocycles. The number of rotatable bonds is 5. The van der Waals surface area contributed by atoms with Crippen LogP contribution in [0.1, 0.15) is 40.7 Å². The summed E-state index contributed by atoms with van der Waals surface area (Å²) < 4.78 is 6.14. The SMILES string of the molecule is Cc1c(Br)ccc(NC(=O)COC(=O)c2cccc(N3C(=O)[C@H]4[C@H]5CC[C@@H](C5)[C@@H]4C3=O)c2)c1C. The van der Waals surface area contributed by atoms with E-state index in [1.54, 1.807) is 24.3 Å². The Morgan fingerprint density at radius 1 is 1.03 bits per heavy atom. The molecule has 2 aromatic rings. The third-order valence-corrected chi connectivity index (χ3v) is 8.46. The average molecular weight is 525 g/mol. The molecular formula is C26H25BrN2O5. The number of esters is 1. The van der Waals surface area contributed by atoms with E-state index in [9.17, 15) is 19.2 Å². The average Bonchev–Trinajstić information content (AvgIpc) is 3.51. The van der Waals surface area contributed by atoms with Gasteiger partial charge in [0.1, 0.15) is 0 Å². The van der Waals surface area contributed by atoms with Crippen molar-refractivity contribution in [2.75, 3.05) is 16.8 Å². The standard InChI is InChI=1S/C26H25BrN2O5/c1-13-14(2)20(9-8-19(13)27)28-21(30)12-34-26(33)17-4-3-5-18(11-17)29-24(31)22-15-6-7-16(10-15)23(22)25(29)32/h3-5,8-9,11,15-16,22-23H,6-7,10,12H2,1-2H3,(H,28,30)/t15-,16-,22-,23-/m0/s1. The molecule has 2 aromatic carbocycles. The van der Waals surface area contributed by atoms with Crippen molar-refractivity contribution in [2.45, 2.75) is 33.1 Å². The molecular weight excluding hydrogens is 500 g/mol. The van der Waals surface area contributed by atoms with Crippen LogP contribution in [0.5, 0.6) is 0 Å². The third kappa shape index (κ3) is 3.74. The molecule has 2 bridgehead atoms. The highest BCUT2D eigenvalue weighted by atomic mass is 79.9. The Morgan fingerprint density at radius 2 is 1.71 bits per heavy atom.